The molecule has 0 aliphatic heterocycles. The quantitative estimate of drug-likeness (QED) is 0.591. The van der Waals surface area contributed by atoms with Gasteiger partial charge < -0.3 is 11.1 Å². The zero-order valence-corrected chi connectivity index (χ0v) is 11.6. The van der Waals surface area contributed by atoms with Crippen LogP contribution in [-0.4, -0.2) is 11.8 Å². The van der Waals surface area contributed by atoms with Crippen LogP contribution in [0.3, 0.4) is 0 Å². The van der Waals surface area contributed by atoms with Gasteiger partial charge in [-0.2, -0.15) is 0 Å². The first kappa shape index (κ1) is 15.7. The highest BCUT2D eigenvalue weighted by Crippen LogP contribution is 2.29. The number of primary amides is 1. The number of anilines is 1. The minimum atomic E-state index is -1.30. The van der Waals surface area contributed by atoms with Crippen LogP contribution in [0.25, 0.3) is 0 Å². The lowest BCUT2D eigenvalue weighted by molar-refractivity contribution is -0.138. The number of benzene rings is 1. The van der Waals surface area contributed by atoms with Crippen molar-refractivity contribution < 1.29 is 9.59 Å². The van der Waals surface area contributed by atoms with Crippen LogP contribution in [0, 0.1) is 5.41 Å². The van der Waals surface area contributed by atoms with Gasteiger partial charge in [0.05, 0.1) is 0 Å². The van der Waals surface area contributed by atoms with E-state index in [0.717, 1.165) is 0 Å². The summed E-state index contributed by atoms with van der Waals surface area (Å²) in [7, 11) is 0. The molecule has 1 unspecified atom stereocenters. The largest absolute Gasteiger partial charge is 0.369 e. The second-order valence-electron chi connectivity index (χ2n) is 4.53. The monoisotopic (exact) mass is 272 g/mol. The summed E-state index contributed by atoms with van der Waals surface area (Å²) in [5, 5.41) is 2.74. The van der Waals surface area contributed by atoms with Crippen molar-refractivity contribution in [2.45, 2.75) is 19.8 Å². The van der Waals surface area contributed by atoms with Crippen LogP contribution in [0.5, 0.6) is 0 Å². The Bertz CT molecular complexity index is 508. The summed E-state index contributed by atoms with van der Waals surface area (Å²) >= 11 is 0. The number of nitrogens with one attached hydrogen (secondary N) is 1. The third-order valence-electron chi connectivity index (χ3n) is 3.13. The van der Waals surface area contributed by atoms with Gasteiger partial charge in [0.25, 0.3) is 0 Å². The number of allylic oxidation sites excluding steroid dienone is 3. The Morgan fingerprint density at radius 3 is 2.45 bits per heavy atom. The number of nitrogens with two attached hydrogens (primary N) is 1. The van der Waals surface area contributed by atoms with Crippen molar-refractivity contribution in [1.29, 1.82) is 0 Å². The molecule has 1 aromatic rings. The number of carbonyl (C=O) groups excluding carboxylic acids is 2. The molecule has 0 aliphatic carbocycles. The van der Waals surface area contributed by atoms with E-state index >= 15 is 0 Å². The predicted octanol–water partition coefficient (Wildman–Crippen LogP) is 2.64. The van der Waals surface area contributed by atoms with Gasteiger partial charge in [0.1, 0.15) is 5.41 Å². The van der Waals surface area contributed by atoms with E-state index in [1.165, 1.54) is 0 Å². The number of para-hydroxylation sites is 1. The van der Waals surface area contributed by atoms with Gasteiger partial charge in [-0.15, -0.1) is 6.58 Å². The molecule has 0 radical (unpaired) electrons. The van der Waals surface area contributed by atoms with Gasteiger partial charge in [0.15, 0.2) is 0 Å². The molecule has 0 aliphatic rings. The van der Waals surface area contributed by atoms with Crippen LogP contribution in [0.4, 0.5) is 5.69 Å². The minimum Gasteiger partial charge on any atom is -0.369 e. The summed E-state index contributed by atoms with van der Waals surface area (Å²) in [4.78, 5) is 24.3. The van der Waals surface area contributed by atoms with Crippen LogP contribution >= 0.6 is 0 Å². The maximum Gasteiger partial charge on any atom is 0.240 e. The lowest BCUT2D eigenvalue weighted by Gasteiger charge is -2.27. The summed E-state index contributed by atoms with van der Waals surface area (Å²) in [6, 6.07) is 8.98. The Kier molecular flexibility index (Phi) is 5.72. The van der Waals surface area contributed by atoms with E-state index in [1.54, 1.807) is 42.5 Å². The van der Waals surface area contributed by atoms with Crippen molar-refractivity contribution in [3.8, 4) is 0 Å². The summed E-state index contributed by atoms with van der Waals surface area (Å²) in [6.07, 6.45) is 5.54. The molecule has 0 bridgehead atoms. The van der Waals surface area contributed by atoms with Gasteiger partial charge in [0, 0.05) is 5.69 Å². The second kappa shape index (κ2) is 7.28. The predicted molar refractivity (Wildman–Crippen MR) is 80.9 cm³/mol. The van der Waals surface area contributed by atoms with Gasteiger partial charge in [-0.3, -0.25) is 9.59 Å². The molecule has 1 atom stereocenters. The van der Waals surface area contributed by atoms with Gasteiger partial charge in [-0.1, -0.05) is 36.4 Å². The SMILES string of the molecule is C=CCC(C/C=C/C)(C(N)=O)C(=O)Nc1ccccc1. The molecule has 20 heavy (non-hydrogen) atoms. The lowest BCUT2D eigenvalue weighted by Crippen LogP contribution is -2.46. The molecule has 3 N–H and O–H groups in total. The lowest BCUT2D eigenvalue weighted by atomic mass is 9.79. The van der Waals surface area contributed by atoms with Crippen LogP contribution in [0.2, 0.25) is 0 Å². The molecule has 4 nitrogen and oxygen atoms in total. The van der Waals surface area contributed by atoms with E-state index in [1.807, 2.05) is 13.0 Å². The highest BCUT2D eigenvalue weighted by Gasteiger charge is 2.42. The maximum absolute atomic E-state index is 12.5. The zero-order valence-electron chi connectivity index (χ0n) is 11.6. The topological polar surface area (TPSA) is 72.2 Å². The van der Waals surface area contributed by atoms with Crippen LogP contribution < -0.4 is 11.1 Å². The molecule has 0 fully saturated rings. The molecule has 106 valence electrons. The van der Waals surface area contributed by atoms with Crippen LogP contribution in [0.15, 0.2) is 55.1 Å². The van der Waals surface area contributed by atoms with Crippen molar-refractivity contribution in [3.05, 3.63) is 55.1 Å². The number of hydrogen-bond acceptors (Lipinski definition) is 2. The first-order valence-electron chi connectivity index (χ1n) is 6.45. The van der Waals surface area contributed by atoms with E-state index in [4.69, 9.17) is 5.73 Å². The van der Waals surface area contributed by atoms with E-state index in [2.05, 4.69) is 11.9 Å². The molecule has 4 heteroatoms. The third kappa shape index (κ3) is 3.57. The number of carbonyl (C=O) groups is 2. The van der Waals surface area contributed by atoms with Gasteiger partial charge in [0.2, 0.25) is 11.8 Å². The summed E-state index contributed by atoms with van der Waals surface area (Å²) < 4.78 is 0. The van der Waals surface area contributed by atoms with Crippen molar-refractivity contribution in [3.63, 3.8) is 0 Å². The van der Waals surface area contributed by atoms with E-state index < -0.39 is 17.2 Å². The number of rotatable bonds is 7. The smallest absolute Gasteiger partial charge is 0.240 e. The second-order valence-corrected chi connectivity index (χ2v) is 4.53. The van der Waals surface area contributed by atoms with Crippen molar-refractivity contribution in [1.82, 2.24) is 0 Å². The third-order valence-corrected chi connectivity index (χ3v) is 3.13. The van der Waals surface area contributed by atoms with Gasteiger partial charge >= 0.3 is 0 Å². The molecule has 1 rings (SSSR count). The molecule has 0 spiro atoms. The fourth-order valence-corrected chi connectivity index (χ4v) is 1.92. The maximum atomic E-state index is 12.5. The van der Waals surface area contributed by atoms with Crippen LogP contribution in [0.1, 0.15) is 19.8 Å². The molecule has 0 saturated carbocycles. The first-order chi connectivity index (χ1) is 9.56. The summed E-state index contributed by atoms with van der Waals surface area (Å²) in [5.41, 5.74) is 4.80. The first-order valence-corrected chi connectivity index (χ1v) is 6.45. The highest BCUT2D eigenvalue weighted by molar-refractivity contribution is 6.10. The Morgan fingerprint density at radius 2 is 1.95 bits per heavy atom. The van der Waals surface area contributed by atoms with E-state index in [9.17, 15) is 9.59 Å². The van der Waals surface area contributed by atoms with Gasteiger partial charge in [-0.25, -0.2) is 0 Å². The van der Waals surface area contributed by atoms with Crippen molar-refractivity contribution in [2.24, 2.45) is 11.1 Å². The average Bonchev–Trinajstić information content (AvgIpc) is 2.44. The zero-order chi connectivity index (χ0) is 15.0. The Hall–Kier alpha value is -2.36. The fraction of sp³-hybridized carbons (Fsp3) is 0.250. The van der Waals surface area contributed by atoms with E-state index in [0.29, 0.717) is 5.69 Å². The Morgan fingerprint density at radius 1 is 1.30 bits per heavy atom. The fourth-order valence-electron chi connectivity index (χ4n) is 1.92. The summed E-state index contributed by atoms with van der Waals surface area (Å²) in [6.45, 7) is 5.44. The van der Waals surface area contributed by atoms with Crippen molar-refractivity contribution in [2.75, 3.05) is 5.32 Å². The highest BCUT2D eigenvalue weighted by atomic mass is 16.2. The van der Waals surface area contributed by atoms with Crippen molar-refractivity contribution >= 4 is 17.5 Å². The number of hydrogen-bond donors (Lipinski definition) is 2. The molecule has 1 aromatic carbocycles. The van der Waals surface area contributed by atoms with Gasteiger partial charge in [-0.05, 0) is 31.9 Å². The molecular weight excluding hydrogens is 252 g/mol. The molecule has 0 aromatic heterocycles. The van der Waals surface area contributed by atoms with E-state index in [-0.39, 0.29) is 12.8 Å². The summed E-state index contributed by atoms with van der Waals surface area (Å²) in [5.74, 6) is -1.06. The standard InChI is InChI=1S/C16H20N2O2/c1-3-5-12-16(11-4-2,14(17)19)15(20)18-13-9-7-6-8-10-13/h3-10H,2,11-12H2,1H3,(H2,17,19)(H,18,20)/b5-3+. The Labute approximate surface area is 119 Å². The molecular formula is C16H20N2O2. The normalized spacial score (nSPS) is 13.7. The molecule has 0 heterocycles. The Balaban J connectivity index is 3.05. The average molecular weight is 272 g/mol. The molecule has 2 amide bonds. The number of amides is 2. The molecule has 0 saturated heterocycles. The minimum absolute atomic E-state index is 0.200. The van der Waals surface area contributed by atoms with Crippen LogP contribution in [-0.2, 0) is 9.59 Å².